The molecule has 0 aliphatic carbocycles. The van der Waals surface area contributed by atoms with Crippen molar-refractivity contribution in [1.29, 1.82) is 0 Å². The van der Waals surface area contributed by atoms with Crippen molar-refractivity contribution >= 4 is 22.5 Å². The van der Waals surface area contributed by atoms with Gasteiger partial charge in [-0.15, -0.1) is 0 Å². The summed E-state index contributed by atoms with van der Waals surface area (Å²) in [5.41, 5.74) is 2.72. The highest BCUT2D eigenvalue weighted by Gasteiger charge is 2.00. The Balaban J connectivity index is 1.87. The molecule has 2 aromatic carbocycles. The van der Waals surface area contributed by atoms with E-state index in [0.717, 1.165) is 28.3 Å². The van der Waals surface area contributed by atoms with Gasteiger partial charge >= 0.3 is 0 Å². The van der Waals surface area contributed by atoms with Crippen LogP contribution in [-0.4, -0.2) is 17.1 Å². The van der Waals surface area contributed by atoms with Crippen LogP contribution in [0.15, 0.2) is 54.7 Å². The lowest BCUT2D eigenvalue weighted by Gasteiger charge is -2.07. The number of anilines is 2. The predicted molar refractivity (Wildman–Crippen MR) is 75.8 cm³/mol. The maximum atomic E-state index is 5.12. The van der Waals surface area contributed by atoms with Crippen LogP contribution in [0.5, 0.6) is 5.75 Å². The number of methoxy groups -OCH3 is 1. The molecule has 0 spiro atoms. The molecule has 0 aliphatic rings. The number of benzene rings is 2. The Morgan fingerprint density at radius 2 is 1.68 bits per heavy atom. The zero-order valence-electron chi connectivity index (χ0n) is 10.5. The van der Waals surface area contributed by atoms with Gasteiger partial charge in [-0.05, 0) is 36.4 Å². The predicted octanol–water partition coefficient (Wildman–Crippen LogP) is 3.38. The molecule has 0 amide bonds. The van der Waals surface area contributed by atoms with E-state index in [4.69, 9.17) is 4.74 Å². The van der Waals surface area contributed by atoms with Gasteiger partial charge in [0.25, 0.3) is 0 Å². The summed E-state index contributed by atoms with van der Waals surface area (Å²) >= 11 is 0. The van der Waals surface area contributed by atoms with E-state index in [1.807, 2.05) is 48.5 Å². The molecule has 0 aliphatic heterocycles. The monoisotopic (exact) mass is 251 g/mol. The first-order valence-corrected chi connectivity index (χ1v) is 5.98. The van der Waals surface area contributed by atoms with Gasteiger partial charge in [-0.1, -0.05) is 12.1 Å². The van der Waals surface area contributed by atoms with Crippen LogP contribution in [-0.2, 0) is 0 Å². The topological polar surface area (TPSA) is 47.0 Å². The zero-order valence-corrected chi connectivity index (χ0v) is 10.5. The summed E-state index contributed by atoms with van der Waals surface area (Å²) < 4.78 is 5.12. The fourth-order valence-corrected chi connectivity index (χ4v) is 1.84. The second-order valence-corrected chi connectivity index (χ2v) is 4.10. The Kier molecular flexibility index (Phi) is 2.98. The minimum atomic E-state index is 0.726. The molecule has 4 heteroatoms. The summed E-state index contributed by atoms with van der Waals surface area (Å²) in [6.45, 7) is 0. The van der Waals surface area contributed by atoms with E-state index in [1.165, 1.54) is 0 Å². The summed E-state index contributed by atoms with van der Waals surface area (Å²) in [6.07, 6.45) is 1.73. The lowest BCUT2D eigenvalue weighted by atomic mass is 10.3. The molecule has 0 bridgehead atoms. The van der Waals surface area contributed by atoms with E-state index >= 15 is 0 Å². The lowest BCUT2D eigenvalue weighted by Crippen LogP contribution is -1.95. The quantitative estimate of drug-likeness (QED) is 0.775. The number of rotatable bonds is 3. The van der Waals surface area contributed by atoms with Gasteiger partial charge in [-0.2, -0.15) is 0 Å². The zero-order chi connectivity index (χ0) is 13.1. The van der Waals surface area contributed by atoms with Crippen LogP contribution >= 0.6 is 0 Å². The Morgan fingerprint density at radius 1 is 0.947 bits per heavy atom. The molecule has 1 aromatic heterocycles. The van der Waals surface area contributed by atoms with Crippen LogP contribution in [0.25, 0.3) is 11.0 Å². The smallest absolute Gasteiger partial charge is 0.149 e. The normalized spacial score (nSPS) is 10.4. The average Bonchev–Trinajstić information content (AvgIpc) is 2.48. The maximum Gasteiger partial charge on any atom is 0.149 e. The minimum absolute atomic E-state index is 0.726. The number of hydrogen-bond acceptors (Lipinski definition) is 4. The number of fused-ring (bicyclic) bond motifs is 1. The van der Waals surface area contributed by atoms with Gasteiger partial charge in [0.05, 0.1) is 24.3 Å². The molecule has 0 fully saturated rings. The van der Waals surface area contributed by atoms with Gasteiger partial charge < -0.3 is 10.1 Å². The largest absolute Gasteiger partial charge is 0.497 e. The number of aromatic nitrogens is 2. The highest BCUT2D eigenvalue weighted by Crippen LogP contribution is 2.19. The van der Waals surface area contributed by atoms with E-state index in [9.17, 15) is 0 Å². The van der Waals surface area contributed by atoms with Crippen molar-refractivity contribution in [2.75, 3.05) is 12.4 Å². The van der Waals surface area contributed by atoms with Crippen molar-refractivity contribution in [1.82, 2.24) is 9.97 Å². The van der Waals surface area contributed by atoms with Crippen LogP contribution in [0.1, 0.15) is 0 Å². The molecule has 1 heterocycles. The summed E-state index contributed by atoms with van der Waals surface area (Å²) in [5, 5.41) is 3.22. The Hall–Kier alpha value is -2.62. The van der Waals surface area contributed by atoms with E-state index in [-0.39, 0.29) is 0 Å². The third kappa shape index (κ3) is 2.47. The van der Waals surface area contributed by atoms with Crippen LogP contribution < -0.4 is 10.1 Å². The van der Waals surface area contributed by atoms with Crippen LogP contribution in [0.2, 0.25) is 0 Å². The Labute approximate surface area is 111 Å². The molecule has 4 nitrogen and oxygen atoms in total. The Bertz CT molecular complexity index is 695. The maximum absolute atomic E-state index is 5.12. The van der Waals surface area contributed by atoms with E-state index < -0.39 is 0 Å². The molecule has 3 rings (SSSR count). The molecule has 3 aromatic rings. The molecule has 0 saturated carbocycles. The fourth-order valence-electron chi connectivity index (χ4n) is 1.84. The molecule has 0 saturated heterocycles. The number of para-hydroxylation sites is 2. The lowest BCUT2D eigenvalue weighted by molar-refractivity contribution is 0.415. The first-order chi connectivity index (χ1) is 9.35. The van der Waals surface area contributed by atoms with Crippen molar-refractivity contribution in [3.8, 4) is 5.75 Å². The van der Waals surface area contributed by atoms with E-state index in [2.05, 4.69) is 15.3 Å². The average molecular weight is 251 g/mol. The second kappa shape index (κ2) is 4.94. The van der Waals surface area contributed by atoms with Gasteiger partial charge in [0, 0.05) is 5.69 Å². The van der Waals surface area contributed by atoms with Gasteiger partial charge in [-0.25, -0.2) is 4.98 Å². The van der Waals surface area contributed by atoms with Crippen LogP contribution in [0, 0.1) is 0 Å². The molecule has 94 valence electrons. The number of ether oxygens (including phenoxy) is 1. The molecular formula is C15H13N3O. The first-order valence-electron chi connectivity index (χ1n) is 5.98. The summed E-state index contributed by atoms with van der Waals surface area (Å²) in [6, 6.07) is 15.5. The molecule has 0 unspecified atom stereocenters. The van der Waals surface area contributed by atoms with Crippen LogP contribution in [0.3, 0.4) is 0 Å². The van der Waals surface area contributed by atoms with Crippen molar-refractivity contribution in [2.24, 2.45) is 0 Å². The molecule has 19 heavy (non-hydrogen) atoms. The molecule has 0 atom stereocenters. The van der Waals surface area contributed by atoms with Gasteiger partial charge in [0.2, 0.25) is 0 Å². The number of nitrogens with zero attached hydrogens (tertiary/aromatic N) is 2. The van der Waals surface area contributed by atoms with Crippen molar-refractivity contribution in [2.45, 2.75) is 0 Å². The standard InChI is InChI=1S/C15H13N3O/c1-19-12-8-6-11(7-9-12)17-15-10-16-13-4-2-3-5-14(13)18-15/h2-10H,1H3,(H,17,18). The van der Waals surface area contributed by atoms with Gasteiger partial charge in [-0.3, -0.25) is 4.98 Å². The Morgan fingerprint density at radius 3 is 2.42 bits per heavy atom. The minimum Gasteiger partial charge on any atom is -0.497 e. The third-order valence-corrected chi connectivity index (χ3v) is 2.81. The van der Waals surface area contributed by atoms with E-state index in [0.29, 0.717) is 0 Å². The molecule has 0 radical (unpaired) electrons. The fraction of sp³-hybridized carbons (Fsp3) is 0.0667. The number of hydrogen-bond donors (Lipinski definition) is 1. The summed E-state index contributed by atoms with van der Waals surface area (Å²) in [7, 11) is 1.65. The van der Waals surface area contributed by atoms with Crippen LogP contribution in [0.4, 0.5) is 11.5 Å². The molecule has 1 N–H and O–H groups in total. The summed E-state index contributed by atoms with van der Waals surface area (Å²) in [4.78, 5) is 8.87. The first kappa shape index (κ1) is 11.5. The van der Waals surface area contributed by atoms with Crippen molar-refractivity contribution in [3.63, 3.8) is 0 Å². The SMILES string of the molecule is COc1ccc(Nc2cnc3ccccc3n2)cc1. The second-order valence-electron chi connectivity index (χ2n) is 4.10. The highest BCUT2D eigenvalue weighted by molar-refractivity contribution is 5.76. The van der Waals surface area contributed by atoms with Gasteiger partial charge in [0.15, 0.2) is 0 Å². The highest BCUT2D eigenvalue weighted by atomic mass is 16.5. The van der Waals surface area contributed by atoms with Gasteiger partial charge in [0.1, 0.15) is 11.6 Å². The summed E-state index contributed by atoms with van der Waals surface area (Å²) in [5.74, 6) is 1.55. The van der Waals surface area contributed by atoms with Crippen molar-refractivity contribution < 1.29 is 4.74 Å². The van der Waals surface area contributed by atoms with Crippen molar-refractivity contribution in [3.05, 3.63) is 54.7 Å². The molecular weight excluding hydrogens is 238 g/mol. The third-order valence-electron chi connectivity index (χ3n) is 2.81. The van der Waals surface area contributed by atoms with E-state index in [1.54, 1.807) is 13.3 Å². The number of nitrogens with one attached hydrogen (secondary N) is 1.